The SMILES string of the molecule is CCC(C)(C)c1cnc(-c2ncc(C(C)(C)C)cn2)nc1. The first kappa shape index (κ1) is 15.5. The molecule has 2 aromatic rings. The lowest BCUT2D eigenvalue weighted by atomic mass is 9.84. The molecule has 0 aromatic carbocycles. The zero-order valence-corrected chi connectivity index (χ0v) is 13.8. The van der Waals surface area contributed by atoms with E-state index in [9.17, 15) is 0 Å². The molecule has 0 unspecified atom stereocenters. The quantitative estimate of drug-likeness (QED) is 0.857. The molecule has 4 nitrogen and oxygen atoms in total. The average molecular weight is 284 g/mol. The Morgan fingerprint density at radius 1 is 0.714 bits per heavy atom. The summed E-state index contributed by atoms with van der Waals surface area (Å²) in [5.74, 6) is 1.15. The Bertz CT molecular complexity index is 592. The van der Waals surface area contributed by atoms with Crippen LogP contribution in [0, 0.1) is 0 Å². The van der Waals surface area contributed by atoms with E-state index in [-0.39, 0.29) is 10.8 Å². The molecule has 112 valence electrons. The molecule has 2 aromatic heterocycles. The van der Waals surface area contributed by atoms with Gasteiger partial charge in [-0.3, -0.25) is 0 Å². The van der Waals surface area contributed by atoms with Crippen molar-refractivity contribution >= 4 is 0 Å². The Labute approximate surface area is 127 Å². The predicted molar refractivity (Wildman–Crippen MR) is 85.1 cm³/mol. The fourth-order valence-corrected chi connectivity index (χ4v) is 1.83. The van der Waals surface area contributed by atoms with Crippen LogP contribution in [0.3, 0.4) is 0 Å². The Balaban J connectivity index is 2.27. The zero-order chi connectivity index (χ0) is 15.7. The van der Waals surface area contributed by atoms with Crippen LogP contribution in [0.2, 0.25) is 0 Å². The van der Waals surface area contributed by atoms with E-state index in [2.05, 4.69) is 61.5 Å². The summed E-state index contributed by atoms with van der Waals surface area (Å²) in [5, 5.41) is 0. The van der Waals surface area contributed by atoms with E-state index < -0.39 is 0 Å². The molecule has 0 N–H and O–H groups in total. The van der Waals surface area contributed by atoms with Crippen molar-refractivity contribution in [1.82, 2.24) is 19.9 Å². The largest absolute Gasteiger partial charge is 0.233 e. The highest BCUT2D eigenvalue weighted by atomic mass is 15.0. The minimum atomic E-state index is 0.0500. The number of hydrogen-bond donors (Lipinski definition) is 0. The fraction of sp³-hybridized carbons (Fsp3) is 0.529. The fourth-order valence-electron chi connectivity index (χ4n) is 1.83. The minimum absolute atomic E-state index is 0.0500. The van der Waals surface area contributed by atoms with Gasteiger partial charge in [0.05, 0.1) is 0 Å². The van der Waals surface area contributed by atoms with Crippen molar-refractivity contribution < 1.29 is 0 Å². The number of nitrogens with zero attached hydrogens (tertiary/aromatic N) is 4. The molecule has 0 radical (unpaired) electrons. The topological polar surface area (TPSA) is 51.6 Å². The first-order valence-electron chi connectivity index (χ1n) is 7.39. The van der Waals surface area contributed by atoms with Crippen LogP contribution in [0.4, 0.5) is 0 Å². The van der Waals surface area contributed by atoms with Crippen molar-refractivity contribution in [3.63, 3.8) is 0 Å². The first-order chi connectivity index (χ1) is 9.74. The average Bonchev–Trinajstić information content (AvgIpc) is 2.47. The van der Waals surface area contributed by atoms with Crippen LogP contribution in [0.5, 0.6) is 0 Å². The predicted octanol–water partition coefficient (Wildman–Crippen LogP) is 3.92. The maximum Gasteiger partial charge on any atom is 0.197 e. The van der Waals surface area contributed by atoms with Gasteiger partial charge in [-0.1, -0.05) is 41.5 Å². The summed E-state index contributed by atoms with van der Waals surface area (Å²) in [7, 11) is 0. The van der Waals surface area contributed by atoms with Crippen LogP contribution in [0.1, 0.15) is 59.1 Å². The van der Waals surface area contributed by atoms with Gasteiger partial charge in [-0.2, -0.15) is 0 Å². The molecule has 0 saturated heterocycles. The maximum atomic E-state index is 4.42. The lowest BCUT2D eigenvalue weighted by Crippen LogP contribution is -2.16. The Hall–Kier alpha value is -1.84. The van der Waals surface area contributed by atoms with Crippen molar-refractivity contribution in [2.75, 3.05) is 0 Å². The molecule has 0 amide bonds. The molecular weight excluding hydrogens is 260 g/mol. The standard InChI is InChI=1S/C17H24N4/c1-7-17(5,6)13-10-20-15(21-11-13)14-18-8-12(9-19-14)16(2,3)4/h8-11H,7H2,1-6H3. The Morgan fingerprint density at radius 3 is 1.43 bits per heavy atom. The lowest BCUT2D eigenvalue weighted by molar-refractivity contribution is 0.502. The third-order valence-electron chi connectivity index (χ3n) is 4.04. The van der Waals surface area contributed by atoms with Crippen molar-refractivity contribution in [1.29, 1.82) is 0 Å². The van der Waals surface area contributed by atoms with E-state index in [4.69, 9.17) is 0 Å². The Morgan fingerprint density at radius 2 is 1.10 bits per heavy atom. The highest BCUT2D eigenvalue weighted by molar-refractivity contribution is 5.42. The molecule has 0 aliphatic heterocycles. The van der Waals surface area contributed by atoms with Crippen LogP contribution >= 0.6 is 0 Å². The molecule has 0 fully saturated rings. The number of rotatable bonds is 3. The molecule has 0 atom stereocenters. The first-order valence-corrected chi connectivity index (χ1v) is 7.39. The Kier molecular flexibility index (Phi) is 4.08. The van der Waals surface area contributed by atoms with Gasteiger partial charge in [-0.15, -0.1) is 0 Å². The van der Waals surface area contributed by atoms with Gasteiger partial charge in [0.2, 0.25) is 0 Å². The van der Waals surface area contributed by atoms with Crippen molar-refractivity contribution in [2.24, 2.45) is 0 Å². The van der Waals surface area contributed by atoms with Crippen molar-refractivity contribution in [3.05, 3.63) is 35.9 Å². The van der Waals surface area contributed by atoms with Gasteiger partial charge in [0, 0.05) is 24.8 Å². The van der Waals surface area contributed by atoms with Crippen LogP contribution in [-0.2, 0) is 10.8 Å². The molecule has 0 saturated carbocycles. The van der Waals surface area contributed by atoms with Gasteiger partial charge in [0.15, 0.2) is 11.6 Å². The van der Waals surface area contributed by atoms with E-state index in [0.717, 1.165) is 17.5 Å². The summed E-state index contributed by atoms with van der Waals surface area (Å²) >= 11 is 0. The monoisotopic (exact) mass is 284 g/mol. The molecule has 2 heterocycles. The third kappa shape index (κ3) is 3.43. The summed E-state index contributed by atoms with van der Waals surface area (Å²) in [6.45, 7) is 13.0. The van der Waals surface area contributed by atoms with Gasteiger partial charge in [-0.05, 0) is 28.4 Å². The van der Waals surface area contributed by atoms with E-state index >= 15 is 0 Å². The third-order valence-corrected chi connectivity index (χ3v) is 4.04. The van der Waals surface area contributed by atoms with Gasteiger partial charge < -0.3 is 0 Å². The van der Waals surface area contributed by atoms with Gasteiger partial charge in [0.1, 0.15) is 0 Å². The van der Waals surface area contributed by atoms with Gasteiger partial charge >= 0.3 is 0 Å². The van der Waals surface area contributed by atoms with Crippen molar-refractivity contribution in [2.45, 2.75) is 58.8 Å². The molecular formula is C17H24N4. The smallest absolute Gasteiger partial charge is 0.197 e. The zero-order valence-electron chi connectivity index (χ0n) is 13.8. The molecule has 4 heteroatoms. The highest BCUT2D eigenvalue weighted by Gasteiger charge is 2.19. The van der Waals surface area contributed by atoms with Gasteiger partial charge in [0.25, 0.3) is 0 Å². The summed E-state index contributed by atoms with van der Waals surface area (Å²) < 4.78 is 0. The second-order valence-corrected chi connectivity index (χ2v) is 7.08. The van der Waals surface area contributed by atoms with E-state index in [1.54, 1.807) is 0 Å². The molecule has 21 heavy (non-hydrogen) atoms. The van der Waals surface area contributed by atoms with Crippen LogP contribution in [0.25, 0.3) is 11.6 Å². The van der Waals surface area contributed by atoms with E-state index in [0.29, 0.717) is 11.6 Å². The molecule has 0 aliphatic rings. The summed E-state index contributed by atoms with van der Waals surface area (Å²) in [4.78, 5) is 17.6. The number of hydrogen-bond acceptors (Lipinski definition) is 4. The van der Waals surface area contributed by atoms with Crippen LogP contribution < -0.4 is 0 Å². The van der Waals surface area contributed by atoms with E-state index in [1.807, 2.05) is 24.8 Å². The highest BCUT2D eigenvalue weighted by Crippen LogP contribution is 2.26. The van der Waals surface area contributed by atoms with Crippen LogP contribution in [-0.4, -0.2) is 19.9 Å². The van der Waals surface area contributed by atoms with Crippen LogP contribution in [0.15, 0.2) is 24.8 Å². The molecule has 2 rings (SSSR count). The second-order valence-electron chi connectivity index (χ2n) is 7.08. The number of aromatic nitrogens is 4. The normalized spacial score (nSPS) is 12.5. The van der Waals surface area contributed by atoms with E-state index in [1.165, 1.54) is 0 Å². The summed E-state index contributed by atoms with van der Waals surface area (Å²) in [5.41, 5.74) is 2.39. The maximum absolute atomic E-state index is 4.42. The van der Waals surface area contributed by atoms with Crippen molar-refractivity contribution in [3.8, 4) is 11.6 Å². The lowest BCUT2D eigenvalue weighted by Gasteiger charge is -2.22. The summed E-state index contributed by atoms with van der Waals surface area (Å²) in [6, 6.07) is 0. The molecule has 0 spiro atoms. The molecule has 0 aliphatic carbocycles. The summed E-state index contributed by atoms with van der Waals surface area (Å²) in [6.07, 6.45) is 8.53. The van der Waals surface area contributed by atoms with Gasteiger partial charge in [-0.25, -0.2) is 19.9 Å². The molecule has 0 bridgehead atoms. The minimum Gasteiger partial charge on any atom is -0.233 e. The second kappa shape index (κ2) is 5.51.